The third-order valence-electron chi connectivity index (χ3n) is 2.40. The zero-order valence-corrected chi connectivity index (χ0v) is 12.0. The van der Waals surface area contributed by atoms with Crippen molar-refractivity contribution in [3.8, 4) is 5.82 Å². The number of carboxylic acids is 1. The highest BCUT2D eigenvalue weighted by molar-refractivity contribution is 14.1. The maximum Gasteiger partial charge on any atom is 0.328 e. The minimum Gasteiger partial charge on any atom is -0.478 e. The zero-order chi connectivity index (χ0) is 13.3. The standard InChI is InChI=1S/C11H11IN4O2/c1-7-9(3-4-10(17)18)11(15(2)14-7)16-6-8(12)5-13-16/h3-6H,1-2H3,(H,17,18). The number of hydrogen-bond donors (Lipinski definition) is 1. The lowest BCUT2D eigenvalue weighted by Gasteiger charge is -2.03. The van der Waals surface area contributed by atoms with E-state index in [2.05, 4.69) is 32.8 Å². The first-order chi connectivity index (χ1) is 8.49. The van der Waals surface area contributed by atoms with Crippen molar-refractivity contribution in [2.45, 2.75) is 6.92 Å². The normalized spacial score (nSPS) is 11.3. The molecule has 0 bridgehead atoms. The molecule has 0 amide bonds. The summed E-state index contributed by atoms with van der Waals surface area (Å²) in [6.45, 7) is 1.83. The van der Waals surface area contributed by atoms with Crippen LogP contribution < -0.4 is 0 Å². The molecule has 0 fully saturated rings. The first kappa shape index (κ1) is 12.8. The SMILES string of the molecule is Cc1nn(C)c(-n2cc(I)cn2)c1C=CC(=O)O. The van der Waals surface area contributed by atoms with Crippen molar-refractivity contribution < 1.29 is 9.90 Å². The first-order valence-corrected chi connectivity index (χ1v) is 6.22. The molecule has 0 atom stereocenters. The number of aryl methyl sites for hydroxylation is 2. The molecule has 0 radical (unpaired) electrons. The largest absolute Gasteiger partial charge is 0.478 e. The van der Waals surface area contributed by atoms with E-state index in [9.17, 15) is 4.79 Å². The van der Waals surface area contributed by atoms with Gasteiger partial charge in [0.15, 0.2) is 5.82 Å². The van der Waals surface area contributed by atoms with Crippen LogP contribution in [0.1, 0.15) is 11.3 Å². The Labute approximate surface area is 117 Å². The number of rotatable bonds is 3. The molecule has 0 saturated carbocycles. The summed E-state index contributed by atoms with van der Waals surface area (Å²) >= 11 is 2.16. The smallest absolute Gasteiger partial charge is 0.328 e. The summed E-state index contributed by atoms with van der Waals surface area (Å²) in [5.41, 5.74) is 1.51. The maximum atomic E-state index is 10.6. The summed E-state index contributed by atoms with van der Waals surface area (Å²) in [4.78, 5) is 10.6. The number of nitrogens with zero attached hydrogens (tertiary/aromatic N) is 4. The van der Waals surface area contributed by atoms with Gasteiger partial charge in [-0.1, -0.05) is 0 Å². The summed E-state index contributed by atoms with van der Waals surface area (Å²) in [5.74, 6) is -0.243. The lowest BCUT2D eigenvalue weighted by molar-refractivity contribution is -0.131. The van der Waals surface area contributed by atoms with Gasteiger partial charge in [0.2, 0.25) is 0 Å². The molecule has 2 aromatic rings. The number of aliphatic carboxylic acids is 1. The van der Waals surface area contributed by atoms with E-state index >= 15 is 0 Å². The Kier molecular flexibility index (Phi) is 3.50. The highest BCUT2D eigenvalue weighted by atomic mass is 127. The fraction of sp³-hybridized carbons (Fsp3) is 0.182. The Morgan fingerprint density at radius 2 is 2.28 bits per heavy atom. The topological polar surface area (TPSA) is 72.9 Å². The van der Waals surface area contributed by atoms with E-state index in [-0.39, 0.29) is 0 Å². The van der Waals surface area contributed by atoms with E-state index in [4.69, 9.17) is 5.11 Å². The second-order valence-corrected chi connectivity index (χ2v) is 4.97. The van der Waals surface area contributed by atoms with Gasteiger partial charge in [0.1, 0.15) is 0 Å². The minimum absolute atomic E-state index is 0.743. The average Bonchev–Trinajstić information content (AvgIpc) is 2.79. The van der Waals surface area contributed by atoms with Crippen molar-refractivity contribution in [2.24, 2.45) is 7.05 Å². The number of carboxylic acid groups (broad SMARTS) is 1. The van der Waals surface area contributed by atoms with Crippen LogP contribution in [0.5, 0.6) is 0 Å². The number of hydrogen-bond acceptors (Lipinski definition) is 3. The lowest BCUT2D eigenvalue weighted by Crippen LogP contribution is -2.04. The molecule has 6 nitrogen and oxygen atoms in total. The molecule has 0 aromatic carbocycles. The van der Waals surface area contributed by atoms with E-state index < -0.39 is 5.97 Å². The van der Waals surface area contributed by atoms with Gasteiger partial charge in [-0.05, 0) is 35.6 Å². The summed E-state index contributed by atoms with van der Waals surface area (Å²) < 4.78 is 4.36. The molecule has 94 valence electrons. The number of halogens is 1. The highest BCUT2D eigenvalue weighted by Crippen LogP contribution is 2.19. The molecule has 2 aromatic heterocycles. The Morgan fingerprint density at radius 3 is 2.83 bits per heavy atom. The van der Waals surface area contributed by atoms with E-state index in [1.807, 2.05) is 13.1 Å². The maximum absolute atomic E-state index is 10.6. The van der Waals surface area contributed by atoms with Crippen LogP contribution in [0.25, 0.3) is 11.9 Å². The van der Waals surface area contributed by atoms with Gasteiger partial charge in [0.25, 0.3) is 0 Å². The van der Waals surface area contributed by atoms with Crippen molar-refractivity contribution in [1.29, 1.82) is 0 Å². The fourth-order valence-corrected chi connectivity index (χ4v) is 2.09. The van der Waals surface area contributed by atoms with Crippen LogP contribution in [0.3, 0.4) is 0 Å². The van der Waals surface area contributed by atoms with Crippen molar-refractivity contribution >= 4 is 34.6 Å². The quantitative estimate of drug-likeness (QED) is 0.669. The molecule has 2 rings (SSSR count). The van der Waals surface area contributed by atoms with Crippen LogP contribution in [0.15, 0.2) is 18.5 Å². The van der Waals surface area contributed by atoms with Crippen LogP contribution in [0.4, 0.5) is 0 Å². The molecule has 7 heteroatoms. The van der Waals surface area contributed by atoms with Gasteiger partial charge in [-0.2, -0.15) is 10.2 Å². The summed E-state index contributed by atoms with van der Waals surface area (Å²) in [5, 5.41) is 17.2. The van der Waals surface area contributed by atoms with Crippen molar-refractivity contribution in [3.05, 3.63) is 33.3 Å². The average molecular weight is 358 g/mol. The first-order valence-electron chi connectivity index (χ1n) is 5.14. The Bertz CT molecular complexity index is 627. The predicted molar refractivity (Wildman–Crippen MR) is 74.5 cm³/mol. The summed E-state index contributed by atoms with van der Waals surface area (Å²) in [6, 6.07) is 0. The molecule has 0 aliphatic carbocycles. The second-order valence-electron chi connectivity index (χ2n) is 3.72. The van der Waals surface area contributed by atoms with E-state index in [1.165, 1.54) is 6.08 Å². The summed E-state index contributed by atoms with van der Waals surface area (Å²) in [7, 11) is 1.80. The summed E-state index contributed by atoms with van der Waals surface area (Å²) in [6.07, 6.45) is 6.22. The molecular formula is C11H11IN4O2. The number of carbonyl (C=O) groups is 1. The molecule has 1 N–H and O–H groups in total. The second kappa shape index (κ2) is 4.92. The lowest BCUT2D eigenvalue weighted by atomic mass is 10.2. The van der Waals surface area contributed by atoms with Crippen LogP contribution in [-0.2, 0) is 11.8 Å². The molecule has 0 aliphatic rings. The van der Waals surface area contributed by atoms with Gasteiger partial charge in [-0.3, -0.25) is 4.68 Å². The fourth-order valence-electron chi connectivity index (χ4n) is 1.70. The van der Waals surface area contributed by atoms with Crippen LogP contribution in [0, 0.1) is 10.5 Å². The molecule has 0 spiro atoms. The van der Waals surface area contributed by atoms with Gasteiger partial charge in [0.05, 0.1) is 15.5 Å². The van der Waals surface area contributed by atoms with E-state index in [1.54, 1.807) is 22.6 Å². The molecule has 18 heavy (non-hydrogen) atoms. The molecule has 0 aliphatic heterocycles. The van der Waals surface area contributed by atoms with Gasteiger partial charge in [0, 0.05) is 24.9 Å². The van der Waals surface area contributed by atoms with Crippen molar-refractivity contribution in [2.75, 3.05) is 0 Å². The number of aromatic nitrogens is 4. The highest BCUT2D eigenvalue weighted by Gasteiger charge is 2.13. The monoisotopic (exact) mass is 358 g/mol. The van der Waals surface area contributed by atoms with Crippen LogP contribution >= 0.6 is 22.6 Å². The Balaban J connectivity index is 2.56. The van der Waals surface area contributed by atoms with Crippen LogP contribution in [0.2, 0.25) is 0 Å². The van der Waals surface area contributed by atoms with Crippen molar-refractivity contribution in [3.63, 3.8) is 0 Å². The van der Waals surface area contributed by atoms with E-state index in [0.717, 1.165) is 26.7 Å². The van der Waals surface area contributed by atoms with E-state index in [0.29, 0.717) is 0 Å². The Hall–Kier alpha value is -1.64. The van der Waals surface area contributed by atoms with Crippen molar-refractivity contribution in [1.82, 2.24) is 19.6 Å². The zero-order valence-electron chi connectivity index (χ0n) is 9.83. The van der Waals surface area contributed by atoms with Gasteiger partial charge >= 0.3 is 5.97 Å². The molecule has 0 unspecified atom stereocenters. The minimum atomic E-state index is -0.987. The molecule has 0 saturated heterocycles. The van der Waals surface area contributed by atoms with Gasteiger partial charge < -0.3 is 5.11 Å². The molecular weight excluding hydrogens is 347 g/mol. The third kappa shape index (κ3) is 2.45. The third-order valence-corrected chi connectivity index (χ3v) is 2.95. The van der Waals surface area contributed by atoms with Crippen LogP contribution in [-0.4, -0.2) is 30.6 Å². The predicted octanol–water partition coefficient (Wildman–Crippen LogP) is 1.62. The van der Waals surface area contributed by atoms with Gasteiger partial charge in [-0.15, -0.1) is 0 Å². The Morgan fingerprint density at radius 1 is 1.56 bits per heavy atom. The molecule has 2 heterocycles. The van der Waals surface area contributed by atoms with Gasteiger partial charge in [-0.25, -0.2) is 9.48 Å².